The van der Waals surface area contributed by atoms with E-state index in [1.54, 1.807) is 23.7 Å². The first kappa shape index (κ1) is 13.4. The van der Waals surface area contributed by atoms with E-state index < -0.39 is 0 Å². The van der Waals surface area contributed by atoms with Gasteiger partial charge in [-0.05, 0) is 35.1 Å². The maximum absolute atomic E-state index is 12.6. The highest BCUT2D eigenvalue weighted by Gasteiger charge is 2.10. The Labute approximate surface area is 123 Å². The van der Waals surface area contributed by atoms with Gasteiger partial charge in [0, 0.05) is 17.8 Å². The van der Waals surface area contributed by atoms with Crippen molar-refractivity contribution in [1.29, 1.82) is 5.26 Å². The molecule has 3 rings (SSSR count). The predicted octanol–water partition coefficient (Wildman–Crippen LogP) is 3.69. The second kappa shape index (κ2) is 4.75. The molecule has 0 N–H and O–H groups in total. The SMILES string of the molecule is CC(C)c1ccc2c(c1)c(=O)n(C)c1cc(C#N)ccc21. The molecule has 0 saturated carbocycles. The molecule has 21 heavy (non-hydrogen) atoms. The van der Waals surface area contributed by atoms with Crippen molar-refractivity contribution >= 4 is 21.7 Å². The van der Waals surface area contributed by atoms with Crippen LogP contribution >= 0.6 is 0 Å². The van der Waals surface area contributed by atoms with Gasteiger partial charge in [-0.2, -0.15) is 5.26 Å². The summed E-state index contributed by atoms with van der Waals surface area (Å²) in [6.45, 7) is 4.23. The van der Waals surface area contributed by atoms with E-state index in [1.165, 1.54) is 0 Å². The molecule has 104 valence electrons. The number of benzene rings is 2. The molecule has 0 fully saturated rings. The van der Waals surface area contributed by atoms with Gasteiger partial charge in [-0.15, -0.1) is 0 Å². The van der Waals surface area contributed by atoms with Crippen LogP contribution in [0, 0.1) is 11.3 Å². The number of rotatable bonds is 1. The quantitative estimate of drug-likeness (QED) is 0.636. The average molecular weight is 276 g/mol. The van der Waals surface area contributed by atoms with Crippen molar-refractivity contribution in [2.24, 2.45) is 7.05 Å². The maximum atomic E-state index is 12.6. The van der Waals surface area contributed by atoms with E-state index in [2.05, 4.69) is 26.0 Å². The third-order valence-corrected chi connectivity index (χ3v) is 4.02. The summed E-state index contributed by atoms with van der Waals surface area (Å²) in [6, 6.07) is 13.7. The van der Waals surface area contributed by atoms with Crippen molar-refractivity contribution in [2.75, 3.05) is 0 Å². The first-order chi connectivity index (χ1) is 10.0. The molecule has 0 saturated heterocycles. The van der Waals surface area contributed by atoms with Gasteiger partial charge >= 0.3 is 0 Å². The minimum atomic E-state index is -0.0184. The van der Waals surface area contributed by atoms with Gasteiger partial charge in [0.05, 0.1) is 17.1 Å². The van der Waals surface area contributed by atoms with E-state index >= 15 is 0 Å². The van der Waals surface area contributed by atoms with Crippen LogP contribution in [0.5, 0.6) is 0 Å². The molecule has 1 heterocycles. The van der Waals surface area contributed by atoms with Crippen LogP contribution < -0.4 is 5.56 Å². The average Bonchev–Trinajstić information content (AvgIpc) is 2.51. The third kappa shape index (κ3) is 2.00. The number of fused-ring (bicyclic) bond motifs is 3. The zero-order valence-electron chi connectivity index (χ0n) is 12.3. The number of hydrogen-bond acceptors (Lipinski definition) is 2. The van der Waals surface area contributed by atoms with Crippen LogP contribution in [0.2, 0.25) is 0 Å². The van der Waals surface area contributed by atoms with Crippen LogP contribution in [0.1, 0.15) is 30.9 Å². The number of pyridine rings is 1. The van der Waals surface area contributed by atoms with Crippen LogP contribution in [0.25, 0.3) is 21.7 Å². The Kier molecular flexibility index (Phi) is 3.03. The number of nitriles is 1. The smallest absolute Gasteiger partial charge is 0.258 e. The molecule has 3 nitrogen and oxygen atoms in total. The summed E-state index contributed by atoms with van der Waals surface area (Å²) >= 11 is 0. The van der Waals surface area contributed by atoms with E-state index in [4.69, 9.17) is 5.26 Å². The molecule has 0 spiro atoms. The third-order valence-electron chi connectivity index (χ3n) is 4.02. The van der Waals surface area contributed by atoms with Crippen molar-refractivity contribution < 1.29 is 0 Å². The Morgan fingerprint density at radius 3 is 2.43 bits per heavy atom. The number of aromatic nitrogens is 1. The molecule has 0 radical (unpaired) electrons. The molecule has 3 aromatic rings. The molecule has 0 aliphatic carbocycles. The fourth-order valence-corrected chi connectivity index (χ4v) is 2.73. The summed E-state index contributed by atoms with van der Waals surface area (Å²) in [5.41, 5.74) is 2.50. The standard InChI is InChI=1S/C18H16N2O/c1-11(2)13-5-7-14-15-6-4-12(10-19)8-17(15)20(3)18(21)16(14)9-13/h4-9,11H,1-3H3. The lowest BCUT2D eigenvalue weighted by Gasteiger charge is -2.12. The number of hydrogen-bond donors (Lipinski definition) is 0. The molecular weight excluding hydrogens is 260 g/mol. The molecule has 0 aliphatic heterocycles. The van der Waals surface area contributed by atoms with E-state index in [9.17, 15) is 4.79 Å². The maximum Gasteiger partial charge on any atom is 0.258 e. The zero-order valence-corrected chi connectivity index (χ0v) is 12.3. The van der Waals surface area contributed by atoms with Crippen LogP contribution in [0.3, 0.4) is 0 Å². The Hall–Kier alpha value is -2.60. The van der Waals surface area contributed by atoms with E-state index in [0.29, 0.717) is 11.5 Å². The van der Waals surface area contributed by atoms with Crippen molar-refractivity contribution in [1.82, 2.24) is 4.57 Å². The van der Waals surface area contributed by atoms with Gasteiger partial charge in [0.25, 0.3) is 5.56 Å². The Morgan fingerprint density at radius 1 is 1.05 bits per heavy atom. The molecule has 3 heteroatoms. The summed E-state index contributed by atoms with van der Waals surface area (Å²) in [4.78, 5) is 12.6. The monoisotopic (exact) mass is 276 g/mol. The Bertz CT molecular complexity index is 959. The van der Waals surface area contributed by atoms with E-state index in [-0.39, 0.29) is 5.56 Å². The largest absolute Gasteiger partial charge is 0.311 e. The van der Waals surface area contributed by atoms with Gasteiger partial charge in [0.15, 0.2) is 0 Å². The lowest BCUT2D eigenvalue weighted by atomic mass is 9.97. The molecule has 0 aliphatic rings. The van der Waals surface area contributed by atoms with Gasteiger partial charge in [-0.3, -0.25) is 4.79 Å². The lowest BCUT2D eigenvalue weighted by molar-refractivity contribution is 0.867. The molecule has 0 amide bonds. The first-order valence-electron chi connectivity index (χ1n) is 6.99. The normalized spacial score (nSPS) is 11.2. The van der Waals surface area contributed by atoms with E-state index in [0.717, 1.165) is 27.2 Å². The summed E-state index contributed by atoms with van der Waals surface area (Å²) in [6.07, 6.45) is 0. The molecule has 2 aromatic carbocycles. The summed E-state index contributed by atoms with van der Waals surface area (Å²) < 4.78 is 1.63. The molecule has 1 aromatic heterocycles. The minimum absolute atomic E-state index is 0.0184. The fraction of sp³-hybridized carbons (Fsp3) is 0.222. The second-order valence-electron chi connectivity index (χ2n) is 5.67. The fourth-order valence-electron chi connectivity index (χ4n) is 2.73. The summed E-state index contributed by atoms with van der Waals surface area (Å²) in [5, 5.41) is 11.7. The van der Waals surface area contributed by atoms with Gasteiger partial charge in [0.2, 0.25) is 0 Å². The lowest BCUT2D eigenvalue weighted by Crippen LogP contribution is -2.17. The topological polar surface area (TPSA) is 45.8 Å². The van der Waals surface area contributed by atoms with Crippen molar-refractivity contribution in [3.05, 3.63) is 57.9 Å². The van der Waals surface area contributed by atoms with Crippen LogP contribution in [0.15, 0.2) is 41.2 Å². The van der Waals surface area contributed by atoms with Gasteiger partial charge in [-0.1, -0.05) is 32.0 Å². The minimum Gasteiger partial charge on any atom is -0.311 e. The van der Waals surface area contributed by atoms with Gasteiger partial charge in [0.1, 0.15) is 0 Å². The molecule has 0 unspecified atom stereocenters. The van der Waals surface area contributed by atoms with Gasteiger partial charge < -0.3 is 4.57 Å². The highest BCUT2D eigenvalue weighted by atomic mass is 16.1. The summed E-state index contributed by atoms with van der Waals surface area (Å²) in [5.74, 6) is 0.385. The highest BCUT2D eigenvalue weighted by Crippen LogP contribution is 2.26. The van der Waals surface area contributed by atoms with E-state index in [1.807, 2.05) is 18.2 Å². The van der Waals surface area contributed by atoms with Crippen molar-refractivity contribution in [3.63, 3.8) is 0 Å². The van der Waals surface area contributed by atoms with Crippen molar-refractivity contribution in [3.8, 4) is 6.07 Å². The molecule has 0 atom stereocenters. The van der Waals surface area contributed by atoms with Gasteiger partial charge in [-0.25, -0.2) is 0 Å². The zero-order chi connectivity index (χ0) is 15.1. The Morgan fingerprint density at radius 2 is 1.76 bits per heavy atom. The Balaban J connectivity index is 2.51. The first-order valence-corrected chi connectivity index (χ1v) is 6.99. The number of nitrogens with zero attached hydrogens (tertiary/aromatic N) is 2. The summed E-state index contributed by atoms with van der Waals surface area (Å²) in [7, 11) is 1.76. The molecular formula is C18H16N2O. The molecule has 0 bridgehead atoms. The van der Waals surface area contributed by atoms with Crippen LogP contribution in [-0.2, 0) is 7.05 Å². The van der Waals surface area contributed by atoms with Crippen LogP contribution in [0.4, 0.5) is 0 Å². The highest BCUT2D eigenvalue weighted by molar-refractivity contribution is 6.06. The van der Waals surface area contributed by atoms with Crippen LogP contribution in [-0.4, -0.2) is 4.57 Å². The number of aryl methyl sites for hydroxylation is 1. The predicted molar refractivity (Wildman–Crippen MR) is 85.5 cm³/mol. The van der Waals surface area contributed by atoms with Crippen molar-refractivity contribution in [2.45, 2.75) is 19.8 Å². The second-order valence-corrected chi connectivity index (χ2v) is 5.67.